The van der Waals surface area contributed by atoms with E-state index in [-0.39, 0.29) is 24.1 Å². The molecule has 0 spiro atoms. The fourth-order valence-corrected chi connectivity index (χ4v) is 4.75. The number of H-pyrrole nitrogens is 1. The number of aromatic amines is 1. The van der Waals surface area contributed by atoms with Crippen molar-refractivity contribution in [1.29, 1.82) is 0 Å². The number of amides is 1. The normalized spacial score (nSPS) is 18.6. The standard InChI is InChI=1S/C20H26ClF2N5O4S/c1-4-11-16(21)27-17(25-11)18(29)26-12-6-7-28(8-13(12)32-9-14(22)23)20-24-10(3)15(33-20)19(30)31-5-2/h12-14H,4-9H2,1-3H3,(H,25,27)(H,26,29)/t12-,13+/m0/s1. The first-order valence-corrected chi connectivity index (χ1v) is 11.8. The Kier molecular flexibility index (Phi) is 8.60. The molecule has 0 radical (unpaired) electrons. The van der Waals surface area contributed by atoms with Gasteiger partial charge >= 0.3 is 5.97 Å². The summed E-state index contributed by atoms with van der Waals surface area (Å²) in [5.74, 6) is -0.883. The van der Waals surface area contributed by atoms with Crippen molar-refractivity contribution in [2.75, 3.05) is 31.2 Å². The SMILES string of the molecule is CCOC(=O)c1sc(N2CC[C@H](NC(=O)c3nc(Cl)c(CC)[nH]3)[C@H](OCC(F)F)C2)nc1C. The predicted molar refractivity (Wildman–Crippen MR) is 120 cm³/mol. The van der Waals surface area contributed by atoms with Gasteiger partial charge in [-0.15, -0.1) is 0 Å². The third kappa shape index (κ3) is 6.18. The summed E-state index contributed by atoms with van der Waals surface area (Å²) in [5, 5.41) is 3.61. The van der Waals surface area contributed by atoms with Crippen LogP contribution < -0.4 is 10.2 Å². The van der Waals surface area contributed by atoms with E-state index in [4.69, 9.17) is 21.1 Å². The number of hydrogen-bond acceptors (Lipinski definition) is 8. The highest BCUT2D eigenvalue weighted by Crippen LogP contribution is 2.30. The molecule has 0 aliphatic carbocycles. The van der Waals surface area contributed by atoms with Gasteiger partial charge in [0.2, 0.25) is 0 Å². The molecule has 1 aliphatic heterocycles. The highest BCUT2D eigenvalue weighted by Gasteiger charge is 2.34. The first-order valence-electron chi connectivity index (χ1n) is 10.6. The Morgan fingerprint density at radius 2 is 2.12 bits per heavy atom. The lowest BCUT2D eigenvalue weighted by molar-refractivity contribution is -0.0391. The minimum Gasteiger partial charge on any atom is -0.462 e. The average Bonchev–Trinajstić information content (AvgIpc) is 3.35. The number of thiazole rings is 1. The predicted octanol–water partition coefficient (Wildman–Crippen LogP) is 3.23. The average molecular weight is 506 g/mol. The van der Waals surface area contributed by atoms with Gasteiger partial charge in [-0.3, -0.25) is 4.79 Å². The first-order chi connectivity index (χ1) is 15.7. The van der Waals surface area contributed by atoms with Gasteiger partial charge in [0.05, 0.1) is 30.1 Å². The van der Waals surface area contributed by atoms with Gasteiger partial charge in [0.25, 0.3) is 12.3 Å². The second-order valence-corrected chi connectivity index (χ2v) is 8.75. The number of ether oxygens (including phenoxy) is 2. The zero-order valence-corrected chi connectivity index (χ0v) is 20.1. The van der Waals surface area contributed by atoms with E-state index in [2.05, 4.69) is 20.3 Å². The fourth-order valence-electron chi connectivity index (χ4n) is 3.49. The molecular weight excluding hydrogens is 480 g/mol. The molecule has 2 aromatic rings. The smallest absolute Gasteiger partial charge is 0.350 e. The summed E-state index contributed by atoms with van der Waals surface area (Å²) in [6, 6.07) is -0.521. The Morgan fingerprint density at radius 3 is 2.76 bits per heavy atom. The Labute approximate surface area is 198 Å². The number of halogens is 3. The number of anilines is 1. The van der Waals surface area contributed by atoms with Crippen LogP contribution in [-0.2, 0) is 15.9 Å². The van der Waals surface area contributed by atoms with Gasteiger partial charge in [0.15, 0.2) is 16.1 Å². The lowest BCUT2D eigenvalue weighted by Crippen LogP contribution is -2.55. The highest BCUT2D eigenvalue weighted by molar-refractivity contribution is 7.17. The lowest BCUT2D eigenvalue weighted by Gasteiger charge is -2.38. The van der Waals surface area contributed by atoms with Gasteiger partial charge in [0.1, 0.15) is 11.5 Å². The molecule has 0 saturated carbocycles. The zero-order valence-electron chi connectivity index (χ0n) is 18.5. The maximum atomic E-state index is 12.9. The van der Waals surface area contributed by atoms with Crippen LogP contribution >= 0.6 is 22.9 Å². The summed E-state index contributed by atoms with van der Waals surface area (Å²) in [5.41, 5.74) is 1.18. The van der Waals surface area contributed by atoms with Crippen LogP contribution in [0.5, 0.6) is 0 Å². The Morgan fingerprint density at radius 1 is 1.36 bits per heavy atom. The van der Waals surface area contributed by atoms with Gasteiger partial charge in [-0.25, -0.2) is 23.5 Å². The van der Waals surface area contributed by atoms with Crippen LogP contribution in [0.25, 0.3) is 0 Å². The van der Waals surface area contributed by atoms with E-state index in [1.165, 1.54) is 11.3 Å². The Hall–Kier alpha value is -2.31. The van der Waals surface area contributed by atoms with Crippen LogP contribution in [0.3, 0.4) is 0 Å². The van der Waals surface area contributed by atoms with Gasteiger partial charge in [-0.05, 0) is 26.7 Å². The molecular formula is C20H26ClF2N5O4S. The molecule has 3 heterocycles. The Balaban J connectivity index is 1.73. The van der Waals surface area contributed by atoms with Crippen molar-refractivity contribution >= 4 is 39.9 Å². The highest BCUT2D eigenvalue weighted by atomic mass is 35.5. The molecule has 3 rings (SSSR count). The van der Waals surface area contributed by atoms with Gasteiger partial charge in [0, 0.05) is 13.1 Å². The third-order valence-electron chi connectivity index (χ3n) is 5.13. The van der Waals surface area contributed by atoms with E-state index >= 15 is 0 Å². The van der Waals surface area contributed by atoms with Gasteiger partial charge in [-0.1, -0.05) is 29.9 Å². The minimum atomic E-state index is -2.65. The van der Waals surface area contributed by atoms with E-state index < -0.39 is 37.1 Å². The minimum absolute atomic E-state index is 0.0570. The molecule has 0 bridgehead atoms. The number of alkyl halides is 2. The van der Waals surface area contributed by atoms with Gasteiger partial charge in [-0.2, -0.15) is 0 Å². The fraction of sp³-hybridized carbons (Fsp3) is 0.600. The van der Waals surface area contributed by atoms with Gasteiger partial charge < -0.3 is 24.7 Å². The number of imidazole rings is 1. The number of rotatable bonds is 9. The first kappa shape index (κ1) is 25.3. The maximum absolute atomic E-state index is 12.9. The molecule has 0 aromatic carbocycles. The third-order valence-corrected chi connectivity index (χ3v) is 6.64. The summed E-state index contributed by atoms with van der Waals surface area (Å²) in [6.07, 6.45) is -2.37. The quantitative estimate of drug-likeness (QED) is 0.503. The summed E-state index contributed by atoms with van der Waals surface area (Å²) >= 11 is 7.19. The van der Waals surface area contributed by atoms with Crippen molar-refractivity contribution < 1.29 is 27.8 Å². The number of nitrogens with one attached hydrogen (secondary N) is 2. The summed E-state index contributed by atoms with van der Waals surface area (Å²) in [7, 11) is 0. The molecule has 1 amide bonds. The second kappa shape index (κ2) is 11.2. The molecule has 2 atom stereocenters. The second-order valence-electron chi connectivity index (χ2n) is 7.42. The molecule has 2 N–H and O–H groups in total. The molecule has 33 heavy (non-hydrogen) atoms. The van der Waals surface area contributed by atoms with E-state index in [0.29, 0.717) is 40.8 Å². The molecule has 2 aromatic heterocycles. The van der Waals surface area contributed by atoms with E-state index in [0.717, 1.165) is 0 Å². The lowest BCUT2D eigenvalue weighted by atomic mass is 10.0. The number of hydrogen-bond donors (Lipinski definition) is 2. The van der Waals surface area contributed by atoms with Crippen molar-refractivity contribution in [3.63, 3.8) is 0 Å². The van der Waals surface area contributed by atoms with Crippen LogP contribution in [-0.4, -0.2) is 71.7 Å². The number of carbonyl (C=O) groups is 2. The van der Waals surface area contributed by atoms with Crippen LogP contribution in [0.1, 0.15) is 51.9 Å². The van der Waals surface area contributed by atoms with Crippen molar-refractivity contribution in [3.8, 4) is 0 Å². The number of nitrogens with zero attached hydrogens (tertiary/aromatic N) is 3. The number of piperidine rings is 1. The van der Waals surface area contributed by atoms with E-state index in [1.54, 1.807) is 13.8 Å². The van der Waals surface area contributed by atoms with Crippen molar-refractivity contribution in [3.05, 3.63) is 27.2 Å². The van der Waals surface area contributed by atoms with E-state index in [9.17, 15) is 18.4 Å². The number of aryl methyl sites for hydroxylation is 2. The maximum Gasteiger partial charge on any atom is 0.350 e. The van der Waals surface area contributed by atoms with E-state index in [1.807, 2.05) is 11.8 Å². The molecule has 1 fully saturated rings. The number of aromatic nitrogens is 3. The van der Waals surface area contributed by atoms with Crippen LogP contribution in [0.15, 0.2) is 0 Å². The van der Waals surface area contributed by atoms with Crippen LogP contribution in [0.4, 0.5) is 13.9 Å². The van der Waals surface area contributed by atoms with Crippen molar-refractivity contribution in [2.45, 2.75) is 52.2 Å². The molecule has 0 unspecified atom stereocenters. The number of carbonyl (C=O) groups excluding carboxylic acids is 2. The largest absolute Gasteiger partial charge is 0.462 e. The molecule has 1 aliphatic rings. The van der Waals surface area contributed by atoms with Crippen LogP contribution in [0.2, 0.25) is 5.15 Å². The topological polar surface area (TPSA) is 109 Å². The molecule has 1 saturated heterocycles. The zero-order chi connectivity index (χ0) is 24.1. The molecule has 13 heteroatoms. The number of esters is 1. The van der Waals surface area contributed by atoms with Crippen molar-refractivity contribution in [2.24, 2.45) is 0 Å². The van der Waals surface area contributed by atoms with Crippen LogP contribution in [0, 0.1) is 6.92 Å². The van der Waals surface area contributed by atoms with Crippen molar-refractivity contribution in [1.82, 2.24) is 20.3 Å². The summed E-state index contributed by atoms with van der Waals surface area (Å²) < 4.78 is 36.2. The monoisotopic (exact) mass is 505 g/mol. The molecule has 182 valence electrons. The summed E-state index contributed by atoms with van der Waals surface area (Å²) in [4.78, 5) is 38.4. The molecule has 9 nitrogen and oxygen atoms in total. The Bertz CT molecular complexity index is 986. The summed E-state index contributed by atoms with van der Waals surface area (Å²) in [6.45, 7) is 5.49.